The van der Waals surface area contributed by atoms with Crippen molar-refractivity contribution < 1.29 is 33.5 Å². The van der Waals surface area contributed by atoms with Crippen molar-refractivity contribution >= 4 is 13.8 Å². The second-order valence-corrected chi connectivity index (χ2v) is 7.91. The van der Waals surface area contributed by atoms with E-state index in [1.807, 2.05) is 0 Å². The lowest BCUT2D eigenvalue weighted by atomic mass is 10.1. The molecule has 9 heteroatoms. The Hall–Kier alpha value is -0.500. The van der Waals surface area contributed by atoms with Gasteiger partial charge in [0.25, 0.3) is 0 Å². The molecule has 0 aromatic rings. The summed E-state index contributed by atoms with van der Waals surface area (Å²) in [6.45, 7) is 1.59. The van der Waals surface area contributed by atoms with Gasteiger partial charge in [-0.15, -0.1) is 0 Å². The van der Waals surface area contributed by atoms with Gasteiger partial charge in [-0.1, -0.05) is 64.7 Å². The summed E-state index contributed by atoms with van der Waals surface area (Å²) in [4.78, 5) is 19.8. The molecule has 0 aliphatic carbocycles. The van der Waals surface area contributed by atoms with Gasteiger partial charge in [0.05, 0.1) is 25.9 Å². The third-order valence-corrected chi connectivity index (χ3v) is 4.82. The fourth-order valence-corrected chi connectivity index (χ4v) is 3.19. The largest absolute Gasteiger partial charge is 0.480 e. The normalized spacial score (nSPS) is 14.9. The molecule has 0 fully saturated rings. The van der Waals surface area contributed by atoms with Gasteiger partial charge in [-0.2, -0.15) is 0 Å². The first kappa shape index (κ1) is 25.5. The summed E-state index contributed by atoms with van der Waals surface area (Å²) in [6.07, 6.45) is 10.5. The van der Waals surface area contributed by atoms with Crippen LogP contribution in [0.4, 0.5) is 0 Å². The van der Waals surface area contributed by atoms with E-state index in [2.05, 4.69) is 12.2 Å². The van der Waals surface area contributed by atoms with E-state index < -0.39 is 26.5 Å². The first-order valence-corrected chi connectivity index (χ1v) is 11.1. The highest BCUT2D eigenvalue weighted by atomic mass is 31.2. The second kappa shape index (κ2) is 16.7. The molecule has 0 spiro atoms. The zero-order valence-corrected chi connectivity index (χ0v) is 16.8. The highest BCUT2D eigenvalue weighted by Crippen LogP contribution is 2.43. The van der Waals surface area contributed by atoms with Crippen molar-refractivity contribution in [3.05, 3.63) is 0 Å². The predicted molar refractivity (Wildman–Crippen MR) is 100 cm³/mol. The number of aliphatic hydroxyl groups is 1. The Morgan fingerprint density at radius 2 is 1.54 bits per heavy atom. The van der Waals surface area contributed by atoms with Gasteiger partial charge in [-0.3, -0.25) is 13.8 Å². The third kappa shape index (κ3) is 18.3. The highest BCUT2D eigenvalue weighted by Gasteiger charge is 2.22. The average molecular weight is 397 g/mol. The van der Waals surface area contributed by atoms with Crippen LogP contribution < -0.4 is 5.32 Å². The van der Waals surface area contributed by atoms with Crippen molar-refractivity contribution in [3.8, 4) is 0 Å². The molecule has 8 nitrogen and oxygen atoms in total. The van der Waals surface area contributed by atoms with Crippen LogP contribution in [0.15, 0.2) is 0 Å². The van der Waals surface area contributed by atoms with Crippen molar-refractivity contribution in [3.63, 3.8) is 0 Å². The standard InChI is InChI=1S/C17H36NO7P/c1-2-3-4-5-6-7-8-9-10-11-12-24-26(22,23)25-15-16(19)13-18-14-17(20)21/h16,18-19H,2-15H2,1H3,(H,20,21)(H,22,23). The van der Waals surface area contributed by atoms with Crippen LogP contribution in [0.25, 0.3) is 0 Å². The number of carboxylic acids is 1. The zero-order chi connectivity index (χ0) is 19.7. The molecule has 0 rings (SSSR count). The lowest BCUT2D eigenvalue weighted by Crippen LogP contribution is -2.33. The second-order valence-electron chi connectivity index (χ2n) is 6.46. The summed E-state index contributed by atoms with van der Waals surface area (Å²) in [5.74, 6) is -1.05. The van der Waals surface area contributed by atoms with Gasteiger partial charge in [-0.05, 0) is 6.42 Å². The minimum atomic E-state index is -4.18. The maximum absolute atomic E-state index is 11.6. The first-order valence-electron chi connectivity index (χ1n) is 9.60. The molecule has 0 aromatic carbocycles. The van der Waals surface area contributed by atoms with Gasteiger partial charge in [0, 0.05) is 6.54 Å². The number of phosphoric acid groups is 1. The number of aliphatic hydroxyl groups excluding tert-OH is 1. The summed E-state index contributed by atoms with van der Waals surface area (Å²) < 4.78 is 21.2. The Kier molecular flexibility index (Phi) is 16.3. The fourth-order valence-electron chi connectivity index (χ4n) is 2.39. The van der Waals surface area contributed by atoms with Crippen LogP contribution in [-0.4, -0.2) is 53.5 Å². The van der Waals surface area contributed by atoms with Crippen LogP contribution >= 0.6 is 7.82 Å². The van der Waals surface area contributed by atoms with Gasteiger partial charge >= 0.3 is 13.8 Å². The zero-order valence-electron chi connectivity index (χ0n) is 15.9. The number of carboxylic acid groups (broad SMARTS) is 1. The molecule has 2 atom stereocenters. The highest BCUT2D eigenvalue weighted by molar-refractivity contribution is 7.47. The van der Waals surface area contributed by atoms with E-state index in [4.69, 9.17) is 14.2 Å². The number of hydrogen-bond donors (Lipinski definition) is 4. The lowest BCUT2D eigenvalue weighted by molar-refractivity contribution is -0.136. The number of rotatable bonds is 19. The monoisotopic (exact) mass is 397 g/mol. The van der Waals surface area contributed by atoms with Gasteiger partial charge in [0.15, 0.2) is 0 Å². The van der Waals surface area contributed by atoms with Gasteiger partial charge in [0.2, 0.25) is 0 Å². The molecule has 156 valence electrons. The summed E-state index contributed by atoms with van der Waals surface area (Å²) in [5.41, 5.74) is 0. The van der Waals surface area contributed by atoms with E-state index in [0.717, 1.165) is 12.8 Å². The molecule has 0 aliphatic rings. The molecular formula is C17H36NO7P. The Bertz CT molecular complexity index is 395. The third-order valence-electron chi connectivity index (χ3n) is 3.84. The summed E-state index contributed by atoms with van der Waals surface area (Å²) in [7, 11) is -4.18. The summed E-state index contributed by atoms with van der Waals surface area (Å²) in [5, 5.41) is 20.4. The SMILES string of the molecule is CCCCCCCCCCCCOP(=O)(O)OCC(O)CNCC(=O)O. The minimum Gasteiger partial charge on any atom is -0.480 e. The Morgan fingerprint density at radius 1 is 1.00 bits per heavy atom. The van der Waals surface area contributed by atoms with Crippen molar-refractivity contribution in [1.82, 2.24) is 5.32 Å². The molecule has 0 radical (unpaired) electrons. The summed E-state index contributed by atoms with van der Waals surface area (Å²) >= 11 is 0. The number of unbranched alkanes of at least 4 members (excludes halogenated alkanes) is 9. The first-order chi connectivity index (χ1) is 12.4. The summed E-state index contributed by atoms with van der Waals surface area (Å²) in [6, 6.07) is 0. The molecule has 0 bridgehead atoms. The maximum Gasteiger partial charge on any atom is 0.472 e. The van der Waals surface area contributed by atoms with Crippen LogP contribution in [0.1, 0.15) is 71.1 Å². The quantitative estimate of drug-likeness (QED) is 0.194. The fraction of sp³-hybridized carbons (Fsp3) is 0.941. The Labute approximate surface area is 156 Å². The van der Waals surface area contributed by atoms with Crippen molar-refractivity contribution in [2.45, 2.75) is 77.2 Å². The Morgan fingerprint density at radius 3 is 2.08 bits per heavy atom. The smallest absolute Gasteiger partial charge is 0.472 e. The molecule has 0 aliphatic heterocycles. The van der Waals surface area contributed by atoms with Crippen molar-refractivity contribution in [2.24, 2.45) is 0 Å². The van der Waals surface area contributed by atoms with E-state index in [1.54, 1.807) is 0 Å². The van der Waals surface area contributed by atoms with Crippen LogP contribution in [0.3, 0.4) is 0 Å². The molecular weight excluding hydrogens is 361 g/mol. The van der Waals surface area contributed by atoms with Crippen LogP contribution in [0.5, 0.6) is 0 Å². The number of carbonyl (C=O) groups is 1. The topological polar surface area (TPSA) is 125 Å². The molecule has 2 unspecified atom stereocenters. The van der Waals surface area contributed by atoms with E-state index in [0.29, 0.717) is 6.42 Å². The number of hydrogen-bond acceptors (Lipinski definition) is 6. The van der Waals surface area contributed by atoms with Gasteiger partial charge < -0.3 is 20.4 Å². The lowest BCUT2D eigenvalue weighted by Gasteiger charge is -2.15. The molecule has 0 saturated carbocycles. The van der Waals surface area contributed by atoms with Crippen molar-refractivity contribution in [2.75, 3.05) is 26.3 Å². The number of phosphoric ester groups is 1. The molecule has 26 heavy (non-hydrogen) atoms. The Balaban J connectivity index is 3.51. The maximum atomic E-state index is 11.6. The minimum absolute atomic E-state index is 0.0508. The van der Waals surface area contributed by atoms with Crippen LogP contribution in [0, 0.1) is 0 Å². The van der Waals surface area contributed by atoms with Gasteiger partial charge in [-0.25, -0.2) is 4.57 Å². The number of nitrogens with one attached hydrogen (secondary N) is 1. The van der Waals surface area contributed by atoms with E-state index >= 15 is 0 Å². The van der Waals surface area contributed by atoms with Crippen molar-refractivity contribution in [1.29, 1.82) is 0 Å². The van der Waals surface area contributed by atoms with Gasteiger partial charge in [0.1, 0.15) is 0 Å². The van der Waals surface area contributed by atoms with Crippen LogP contribution in [-0.2, 0) is 18.4 Å². The van der Waals surface area contributed by atoms with E-state index in [-0.39, 0.29) is 19.7 Å². The van der Waals surface area contributed by atoms with E-state index in [9.17, 15) is 19.4 Å². The van der Waals surface area contributed by atoms with Crippen LogP contribution in [0.2, 0.25) is 0 Å². The molecule has 0 aromatic heterocycles. The molecule has 0 heterocycles. The predicted octanol–water partition coefficient (Wildman–Crippen LogP) is 3.08. The number of aliphatic carboxylic acids is 1. The average Bonchev–Trinajstić information content (AvgIpc) is 2.57. The molecule has 4 N–H and O–H groups in total. The molecule has 0 amide bonds. The molecule has 0 saturated heterocycles. The van der Waals surface area contributed by atoms with E-state index in [1.165, 1.54) is 44.9 Å².